The zero-order chi connectivity index (χ0) is 8.55. The van der Waals surface area contributed by atoms with Crippen molar-refractivity contribution in [2.24, 2.45) is 10.2 Å². The van der Waals surface area contributed by atoms with Crippen molar-refractivity contribution in [2.75, 3.05) is 7.05 Å². The normalized spacial score (nSPS) is 15.5. The maximum Gasteiger partial charge on any atom is 0.199 e. The lowest BCUT2D eigenvalue weighted by Gasteiger charge is -1.99. The van der Waals surface area contributed by atoms with E-state index in [1.807, 2.05) is 6.92 Å². The van der Waals surface area contributed by atoms with Gasteiger partial charge in [-0.05, 0) is 12.5 Å². The first-order chi connectivity index (χ1) is 5.77. The molecule has 1 N–H and O–H groups in total. The molecule has 5 nitrogen and oxygen atoms in total. The molecule has 1 aromatic rings. The SMILES string of the molecule is CC1=c2[nH]cnc2=NN(C)N=C1. The zero-order valence-electron chi connectivity index (χ0n) is 6.94. The quantitative estimate of drug-likeness (QED) is 0.536. The van der Waals surface area contributed by atoms with E-state index in [9.17, 15) is 0 Å². The fraction of sp³-hybridized carbons (Fsp3) is 0.286. The van der Waals surface area contributed by atoms with Gasteiger partial charge in [-0.1, -0.05) is 0 Å². The van der Waals surface area contributed by atoms with E-state index in [-0.39, 0.29) is 0 Å². The molecule has 0 amide bonds. The van der Waals surface area contributed by atoms with Crippen LogP contribution in [0.25, 0.3) is 5.57 Å². The molecular formula is C7H9N5. The van der Waals surface area contributed by atoms with Crippen LogP contribution in [0.15, 0.2) is 16.5 Å². The molecule has 0 aromatic carbocycles. The van der Waals surface area contributed by atoms with Gasteiger partial charge in [-0.3, -0.25) is 0 Å². The number of hydrogen-bond acceptors (Lipinski definition) is 4. The molecule has 0 saturated carbocycles. The van der Waals surface area contributed by atoms with E-state index in [4.69, 9.17) is 0 Å². The van der Waals surface area contributed by atoms with Crippen LogP contribution in [0.1, 0.15) is 6.92 Å². The number of hydrogen-bond donors (Lipinski definition) is 1. The summed E-state index contributed by atoms with van der Waals surface area (Å²) in [5, 5.41) is 10.6. The number of imidazole rings is 1. The summed E-state index contributed by atoms with van der Waals surface area (Å²) in [4.78, 5) is 7.06. The van der Waals surface area contributed by atoms with Gasteiger partial charge < -0.3 is 4.98 Å². The van der Waals surface area contributed by atoms with E-state index in [1.54, 1.807) is 19.6 Å². The summed E-state index contributed by atoms with van der Waals surface area (Å²) >= 11 is 0. The molecule has 1 aromatic heterocycles. The highest BCUT2D eigenvalue weighted by atomic mass is 15.6. The average Bonchev–Trinajstić information content (AvgIpc) is 2.44. The molecule has 0 spiro atoms. The summed E-state index contributed by atoms with van der Waals surface area (Å²) < 4.78 is 0. The lowest BCUT2D eigenvalue weighted by atomic mass is 10.3. The largest absolute Gasteiger partial charge is 0.343 e. The van der Waals surface area contributed by atoms with Crippen molar-refractivity contribution in [3.05, 3.63) is 17.2 Å². The fourth-order valence-corrected chi connectivity index (χ4v) is 1.05. The van der Waals surface area contributed by atoms with Gasteiger partial charge in [-0.25, -0.2) is 4.98 Å². The van der Waals surface area contributed by atoms with Crippen molar-refractivity contribution in [1.29, 1.82) is 0 Å². The van der Waals surface area contributed by atoms with E-state index < -0.39 is 0 Å². The van der Waals surface area contributed by atoms with Crippen LogP contribution in [-0.4, -0.2) is 28.3 Å². The van der Waals surface area contributed by atoms with Crippen LogP contribution >= 0.6 is 0 Å². The van der Waals surface area contributed by atoms with Crippen LogP contribution in [-0.2, 0) is 0 Å². The van der Waals surface area contributed by atoms with Crippen LogP contribution in [0.2, 0.25) is 0 Å². The van der Waals surface area contributed by atoms with E-state index in [0.717, 1.165) is 10.9 Å². The molecule has 0 saturated heterocycles. The Morgan fingerprint density at radius 3 is 3.17 bits per heavy atom. The fourth-order valence-electron chi connectivity index (χ4n) is 1.05. The molecule has 1 aliphatic heterocycles. The standard InChI is InChI=1S/C7H9N5/c1-5-3-10-12(2)11-7-6(5)8-4-9-7/h3-4H,1-2H3,(H,8,9,11). The third kappa shape index (κ3) is 0.990. The third-order valence-electron chi connectivity index (χ3n) is 1.67. The lowest BCUT2D eigenvalue weighted by molar-refractivity contribution is 0.363. The van der Waals surface area contributed by atoms with Gasteiger partial charge in [0.1, 0.15) is 0 Å². The first-order valence-corrected chi connectivity index (χ1v) is 3.64. The molecule has 0 fully saturated rings. The van der Waals surface area contributed by atoms with Crippen LogP contribution < -0.4 is 10.8 Å². The van der Waals surface area contributed by atoms with Crippen molar-refractivity contribution < 1.29 is 0 Å². The van der Waals surface area contributed by atoms with Crippen LogP contribution in [0, 0.1) is 0 Å². The van der Waals surface area contributed by atoms with Crippen LogP contribution in [0.3, 0.4) is 0 Å². The average molecular weight is 163 g/mol. The molecule has 1 aliphatic rings. The Morgan fingerprint density at radius 2 is 2.33 bits per heavy atom. The Kier molecular flexibility index (Phi) is 1.43. The summed E-state index contributed by atoms with van der Waals surface area (Å²) in [7, 11) is 1.77. The van der Waals surface area contributed by atoms with E-state index in [2.05, 4.69) is 20.2 Å². The first-order valence-electron chi connectivity index (χ1n) is 3.64. The number of rotatable bonds is 0. The van der Waals surface area contributed by atoms with Crippen LogP contribution in [0.5, 0.6) is 0 Å². The number of nitrogens with one attached hydrogen (secondary N) is 1. The van der Waals surface area contributed by atoms with Crippen molar-refractivity contribution in [2.45, 2.75) is 6.92 Å². The highest BCUT2D eigenvalue weighted by Crippen LogP contribution is 1.89. The predicted molar refractivity (Wildman–Crippen MR) is 44.7 cm³/mol. The number of aromatic nitrogens is 2. The van der Waals surface area contributed by atoms with Gasteiger partial charge in [0.15, 0.2) is 5.49 Å². The Balaban J connectivity index is 2.82. The minimum Gasteiger partial charge on any atom is -0.343 e. The van der Waals surface area contributed by atoms with Crippen LogP contribution in [0.4, 0.5) is 0 Å². The minimum absolute atomic E-state index is 0.688. The van der Waals surface area contributed by atoms with Gasteiger partial charge in [0, 0.05) is 7.05 Å². The smallest absolute Gasteiger partial charge is 0.199 e. The third-order valence-corrected chi connectivity index (χ3v) is 1.67. The van der Waals surface area contributed by atoms with Crippen molar-refractivity contribution >= 4 is 11.8 Å². The highest BCUT2D eigenvalue weighted by Gasteiger charge is 1.99. The predicted octanol–water partition coefficient (Wildman–Crippen LogP) is -0.954. The monoisotopic (exact) mass is 163 g/mol. The molecule has 62 valence electrons. The highest BCUT2D eigenvalue weighted by molar-refractivity contribution is 6.00. The Labute approximate surface area is 69.1 Å². The lowest BCUT2D eigenvalue weighted by Crippen LogP contribution is -2.28. The maximum absolute atomic E-state index is 4.12. The molecule has 0 bridgehead atoms. The summed E-state index contributed by atoms with van der Waals surface area (Å²) in [5.74, 6) is 0. The molecule has 0 aliphatic carbocycles. The Bertz CT molecular complexity index is 427. The number of fused-ring (bicyclic) bond motifs is 1. The minimum atomic E-state index is 0.688. The van der Waals surface area contributed by atoms with Gasteiger partial charge in [0.25, 0.3) is 0 Å². The zero-order valence-corrected chi connectivity index (χ0v) is 6.94. The summed E-state index contributed by atoms with van der Waals surface area (Å²) in [5.41, 5.74) is 1.73. The molecule has 0 radical (unpaired) electrons. The van der Waals surface area contributed by atoms with Crippen molar-refractivity contribution in [3.8, 4) is 0 Å². The molecule has 2 rings (SSSR count). The van der Waals surface area contributed by atoms with E-state index in [1.165, 1.54) is 5.12 Å². The van der Waals surface area contributed by atoms with Crippen molar-refractivity contribution in [3.63, 3.8) is 0 Å². The van der Waals surface area contributed by atoms with Crippen molar-refractivity contribution in [1.82, 2.24) is 15.1 Å². The molecule has 2 heterocycles. The topological polar surface area (TPSA) is 56.6 Å². The van der Waals surface area contributed by atoms with Gasteiger partial charge in [-0.2, -0.15) is 10.2 Å². The molecule has 0 unspecified atom stereocenters. The summed E-state index contributed by atoms with van der Waals surface area (Å²) in [6, 6.07) is 0. The summed E-state index contributed by atoms with van der Waals surface area (Å²) in [6.45, 7) is 1.97. The number of H-pyrrole nitrogens is 1. The molecule has 0 atom stereocenters. The second-order valence-electron chi connectivity index (χ2n) is 2.62. The Morgan fingerprint density at radius 1 is 1.50 bits per heavy atom. The first kappa shape index (κ1) is 7.02. The summed E-state index contributed by atoms with van der Waals surface area (Å²) in [6.07, 6.45) is 3.39. The molecule has 5 heteroatoms. The number of hydrazone groups is 1. The number of aromatic amines is 1. The number of nitrogens with zero attached hydrogens (tertiary/aromatic N) is 4. The van der Waals surface area contributed by atoms with Gasteiger partial charge in [0.05, 0.1) is 17.9 Å². The molecular weight excluding hydrogens is 154 g/mol. The van der Waals surface area contributed by atoms with E-state index in [0.29, 0.717) is 5.49 Å². The van der Waals surface area contributed by atoms with Gasteiger partial charge in [-0.15, -0.1) is 5.10 Å². The second-order valence-corrected chi connectivity index (χ2v) is 2.62. The van der Waals surface area contributed by atoms with E-state index >= 15 is 0 Å². The maximum atomic E-state index is 4.12. The van der Waals surface area contributed by atoms with Gasteiger partial charge >= 0.3 is 0 Å². The Hall–Kier alpha value is -1.65. The van der Waals surface area contributed by atoms with Gasteiger partial charge in [0.2, 0.25) is 0 Å². The molecule has 12 heavy (non-hydrogen) atoms. The second kappa shape index (κ2) is 2.44.